The summed E-state index contributed by atoms with van der Waals surface area (Å²) in [5, 5.41) is 0. The second-order valence-electron chi connectivity index (χ2n) is 5.66. The fourth-order valence-corrected chi connectivity index (χ4v) is 3.29. The van der Waals surface area contributed by atoms with Crippen molar-refractivity contribution < 1.29 is 14.0 Å². The molecule has 26 heavy (non-hydrogen) atoms. The highest BCUT2D eigenvalue weighted by Crippen LogP contribution is 2.28. The monoisotopic (exact) mass is 368 g/mol. The van der Waals surface area contributed by atoms with E-state index in [-0.39, 0.29) is 24.1 Å². The van der Waals surface area contributed by atoms with E-state index < -0.39 is 0 Å². The maximum Gasteiger partial charge on any atom is 0.279 e. The zero-order chi connectivity index (χ0) is 18.4. The van der Waals surface area contributed by atoms with Gasteiger partial charge in [-0.1, -0.05) is 42.5 Å². The molecule has 3 rings (SSSR count). The summed E-state index contributed by atoms with van der Waals surface area (Å²) in [6.45, 7) is 0. The Morgan fingerprint density at radius 3 is 2.35 bits per heavy atom. The molecule has 0 atom stereocenters. The van der Waals surface area contributed by atoms with Crippen LogP contribution in [-0.4, -0.2) is 11.8 Å². The first kappa shape index (κ1) is 17.8. The molecule has 0 radical (unpaired) electrons. The van der Waals surface area contributed by atoms with Crippen molar-refractivity contribution in [3.8, 4) is 10.4 Å². The molecule has 6 heteroatoms. The molecule has 3 aromatic rings. The van der Waals surface area contributed by atoms with Crippen molar-refractivity contribution in [3.63, 3.8) is 0 Å². The predicted molar refractivity (Wildman–Crippen MR) is 100 cm³/mol. The molecule has 0 aliphatic rings. The number of carbonyl (C=O) groups excluding carboxylic acids is 2. The van der Waals surface area contributed by atoms with Gasteiger partial charge < -0.3 is 0 Å². The van der Waals surface area contributed by atoms with Gasteiger partial charge in [0.2, 0.25) is 5.91 Å². The minimum absolute atomic E-state index is 0.252. The Balaban J connectivity index is 1.50. The molecule has 0 bridgehead atoms. The third-order valence-corrected chi connectivity index (χ3v) is 4.89. The van der Waals surface area contributed by atoms with Crippen LogP contribution in [0.3, 0.4) is 0 Å². The van der Waals surface area contributed by atoms with E-state index in [0.717, 1.165) is 16.0 Å². The minimum Gasteiger partial charge on any atom is -0.273 e. The summed E-state index contributed by atoms with van der Waals surface area (Å²) in [4.78, 5) is 25.3. The summed E-state index contributed by atoms with van der Waals surface area (Å²) >= 11 is 1.28. The largest absolute Gasteiger partial charge is 0.279 e. The van der Waals surface area contributed by atoms with Crippen LogP contribution in [0, 0.1) is 5.82 Å². The standard InChI is InChI=1S/C20H17FN2O2S/c21-16-9-7-15(8-10-16)17-11-12-18(26-17)20(25)23-22-19(24)13-6-14-4-2-1-3-5-14/h1-5,7-12H,6,13H2,(H,22,24)(H,23,25). The van der Waals surface area contributed by atoms with Gasteiger partial charge in [0.05, 0.1) is 4.88 Å². The number of carbonyl (C=O) groups is 2. The molecule has 0 saturated carbocycles. The van der Waals surface area contributed by atoms with Gasteiger partial charge in [0.25, 0.3) is 5.91 Å². The van der Waals surface area contributed by atoms with Gasteiger partial charge in [0.1, 0.15) is 5.82 Å². The van der Waals surface area contributed by atoms with E-state index in [4.69, 9.17) is 0 Å². The van der Waals surface area contributed by atoms with Crippen molar-refractivity contribution in [1.29, 1.82) is 0 Å². The van der Waals surface area contributed by atoms with Crippen LogP contribution in [0.15, 0.2) is 66.7 Å². The van der Waals surface area contributed by atoms with Crippen LogP contribution < -0.4 is 10.9 Å². The Labute approximate surface area is 154 Å². The predicted octanol–water partition coefficient (Wildman–Crippen LogP) is 3.95. The van der Waals surface area contributed by atoms with E-state index in [0.29, 0.717) is 11.3 Å². The number of hydrogen-bond acceptors (Lipinski definition) is 3. The molecule has 1 aromatic heterocycles. The molecule has 132 valence electrons. The maximum absolute atomic E-state index is 13.0. The first-order valence-electron chi connectivity index (χ1n) is 8.11. The molecule has 0 aliphatic heterocycles. The minimum atomic E-state index is -0.378. The molecule has 0 spiro atoms. The highest BCUT2D eigenvalue weighted by atomic mass is 32.1. The molecule has 0 fully saturated rings. The van der Waals surface area contributed by atoms with Gasteiger partial charge >= 0.3 is 0 Å². The molecule has 0 saturated heterocycles. The maximum atomic E-state index is 13.0. The number of hydrogen-bond donors (Lipinski definition) is 2. The molecule has 2 aromatic carbocycles. The van der Waals surface area contributed by atoms with Gasteiger partial charge in [-0.15, -0.1) is 11.3 Å². The molecule has 1 heterocycles. The molecule has 0 unspecified atom stereocenters. The number of thiophene rings is 1. The smallest absolute Gasteiger partial charge is 0.273 e. The van der Waals surface area contributed by atoms with Crippen molar-refractivity contribution in [2.75, 3.05) is 0 Å². The lowest BCUT2D eigenvalue weighted by molar-refractivity contribution is -0.121. The Morgan fingerprint density at radius 1 is 0.885 bits per heavy atom. The average Bonchev–Trinajstić information content (AvgIpc) is 3.16. The molecule has 2 amide bonds. The van der Waals surface area contributed by atoms with Gasteiger partial charge in [-0.3, -0.25) is 20.4 Å². The fourth-order valence-electron chi connectivity index (χ4n) is 2.38. The van der Waals surface area contributed by atoms with Crippen molar-refractivity contribution >= 4 is 23.2 Å². The van der Waals surface area contributed by atoms with Crippen LogP contribution in [-0.2, 0) is 11.2 Å². The van der Waals surface area contributed by atoms with Crippen LogP contribution in [0.1, 0.15) is 21.7 Å². The van der Waals surface area contributed by atoms with E-state index >= 15 is 0 Å². The zero-order valence-corrected chi connectivity index (χ0v) is 14.7. The van der Waals surface area contributed by atoms with E-state index in [9.17, 15) is 14.0 Å². The Morgan fingerprint density at radius 2 is 1.62 bits per heavy atom. The van der Waals surface area contributed by atoms with Crippen LogP contribution in [0.5, 0.6) is 0 Å². The van der Waals surface area contributed by atoms with Crippen LogP contribution >= 0.6 is 11.3 Å². The number of rotatable bonds is 5. The van der Waals surface area contributed by atoms with Crippen LogP contribution in [0.25, 0.3) is 10.4 Å². The van der Waals surface area contributed by atoms with Gasteiger partial charge in [-0.25, -0.2) is 4.39 Å². The second-order valence-corrected chi connectivity index (χ2v) is 6.74. The highest BCUT2D eigenvalue weighted by molar-refractivity contribution is 7.17. The van der Waals surface area contributed by atoms with E-state index in [1.54, 1.807) is 24.3 Å². The zero-order valence-electron chi connectivity index (χ0n) is 13.9. The Hall–Kier alpha value is -2.99. The van der Waals surface area contributed by atoms with E-state index in [1.165, 1.54) is 23.5 Å². The summed E-state index contributed by atoms with van der Waals surface area (Å²) in [6, 6.07) is 19.2. The molecule has 2 N–H and O–H groups in total. The quantitative estimate of drug-likeness (QED) is 0.670. The first-order chi connectivity index (χ1) is 12.6. The number of aryl methyl sites for hydroxylation is 1. The Kier molecular flexibility index (Phi) is 5.76. The van der Waals surface area contributed by atoms with Crippen LogP contribution in [0.2, 0.25) is 0 Å². The molecule has 0 aliphatic carbocycles. The fraction of sp³-hybridized carbons (Fsp3) is 0.100. The first-order valence-corrected chi connectivity index (χ1v) is 8.92. The van der Waals surface area contributed by atoms with Crippen molar-refractivity contribution in [2.45, 2.75) is 12.8 Å². The number of amides is 2. The normalized spacial score (nSPS) is 10.3. The van der Waals surface area contributed by atoms with E-state index in [1.807, 2.05) is 30.3 Å². The van der Waals surface area contributed by atoms with Crippen molar-refractivity contribution in [1.82, 2.24) is 10.9 Å². The van der Waals surface area contributed by atoms with Crippen LogP contribution in [0.4, 0.5) is 4.39 Å². The van der Waals surface area contributed by atoms with Gasteiger partial charge in [0.15, 0.2) is 0 Å². The molecular formula is C20H17FN2O2S. The number of benzene rings is 2. The third kappa shape index (κ3) is 4.77. The van der Waals surface area contributed by atoms with Crippen molar-refractivity contribution in [2.24, 2.45) is 0 Å². The highest BCUT2D eigenvalue weighted by Gasteiger charge is 2.11. The lowest BCUT2D eigenvalue weighted by Crippen LogP contribution is -2.41. The topological polar surface area (TPSA) is 58.2 Å². The van der Waals surface area contributed by atoms with Gasteiger partial charge in [-0.2, -0.15) is 0 Å². The summed E-state index contributed by atoms with van der Waals surface area (Å²) < 4.78 is 13.0. The third-order valence-electron chi connectivity index (χ3n) is 3.76. The van der Waals surface area contributed by atoms with Crippen molar-refractivity contribution in [3.05, 3.63) is 83.0 Å². The number of halogens is 1. The molecular weight excluding hydrogens is 351 g/mol. The van der Waals surface area contributed by atoms with E-state index in [2.05, 4.69) is 10.9 Å². The lowest BCUT2D eigenvalue weighted by atomic mass is 10.1. The summed E-state index contributed by atoms with van der Waals surface area (Å²) in [5.74, 6) is -0.935. The molecule has 4 nitrogen and oxygen atoms in total. The summed E-state index contributed by atoms with van der Waals surface area (Å²) in [5.41, 5.74) is 6.75. The lowest BCUT2D eigenvalue weighted by Gasteiger charge is -2.06. The van der Waals surface area contributed by atoms with Gasteiger partial charge in [-0.05, 0) is 41.8 Å². The number of nitrogens with one attached hydrogen (secondary N) is 2. The summed E-state index contributed by atoms with van der Waals surface area (Å²) in [7, 11) is 0. The number of hydrazine groups is 1. The summed E-state index contributed by atoms with van der Waals surface area (Å²) in [6.07, 6.45) is 0.895. The second kappa shape index (κ2) is 8.40. The van der Waals surface area contributed by atoms with Gasteiger partial charge in [0, 0.05) is 11.3 Å². The Bertz CT molecular complexity index is 892. The SMILES string of the molecule is O=C(CCc1ccccc1)NNC(=O)c1ccc(-c2ccc(F)cc2)s1. The average molecular weight is 368 g/mol.